The van der Waals surface area contributed by atoms with Gasteiger partial charge < -0.3 is 10.2 Å². The summed E-state index contributed by atoms with van der Waals surface area (Å²) < 4.78 is 55.1. The third-order valence-corrected chi connectivity index (χ3v) is 5.86. The van der Waals surface area contributed by atoms with Gasteiger partial charge in [0.25, 0.3) is 15.9 Å². The first kappa shape index (κ1) is 20.2. The number of halogens is 3. The number of amides is 1. The summed E-state index contributed by atoms with van der Waals surface area (Å²) >= 11 is 5.77. The summed E-state index contributed by atoms with van der Waals surface area (Å²) in [6.07, 6.45) is 1.45. The Morgan fingerprint density at radius 3 is 2.43 bits per heavy atom. The van der Waals surface area contributed by atoms with Gasteiger partial charge in [-0.15, -0.1) is 4.40 Å². The zero-order chi connectivity index (χ0) is 20.5. The van der Waals surface area contributed by atoms with Gasteiger partial charge in [-0.2, -0.15) is 8.42 Å². The van der Waals surface area contributed by atoms with Gasteiger partial charge in [-0.1, -0.05) is 11.6 Å². The zero-order valence-corrected chi connectivity index (χ0v) is 16.3. The second kappa shape index (κ2) is 7.84. The first-order valence-corrected chi connectivity index (χ1v) is 10.1. The SMILES string of the molecule is CN1CCCC1=NS(=O)(=O)c1ccc(NC(=O)c2cc(F)c(F)cc2Cl)cc1. The number of carbonyl (C=O) groups excluding carboxylic acids is 1. The summed E-state index contributed by atoms with van der Waals surface area (Å²) in [5, 5.41) is 2.21. The van der Waals surface area contributed by atoms with E-state index in [1.807, 2.05) is 0 Å². The van der Waals surface area contributed by atoms with Gasteiger partial charge >= 0.3 is 0 Å². The minimum atomic E-state index is -3.87. The molecule has 0 saturated carbocycles. The van der Waals surface area contributed by atoms with Crippen molar-refractivity contribution >= 4 is 39.1 Å². The van der Waals surface area contributed by atoms with Crippen LogP contribution >= 0.6 is 11.6 Å². The van der Waals surface area contributed by atoms with E-state index in [4.69, 9.17) is 11.6 Å². The summed E-state index contributed by atoms with van der Waals surface area (Å²) in [4.78, 5) is 14.0. The first-order chi connectivity index (χ1) is 13.2. The van der Waals surface area contributed by atoms with Crippen LogP contribution in [0.4, 0.5) is 14.5 Å². The molecule has 0 bridgehead atoms. The quantitative estimate of drug-likeness (QED) is 0.755. The highest BCUT2D eigenvalue weighted by atomic mass is 35.5. The second-order valence-electron chi connectivity index (χ2n) is 6.23. The monoisotopic (exact) mass is 427 g/mol. The van der Waals surface area contributed by atoms with Crippen LogP contribution in [-0.2, 0) is 10.0 Å². The van der Waals surface area contributed by atoms with Crippen molar-refractivity contribution in [3.8, 4) is 0 Å². The molecule has 0 aromatic heterocycles. The highest BCUT2D eigenvalue weighted by Crippen LogP contribution is 2.23. The predicted octanol–water partition coefficient (Wildman–Crippen LogP) is 3.68. The van der Waals surface area contributed by atoms with Crippen LogP contribution in [0.2, 0.25) is 5.02 Å². The largest absolute Gasteiger partial charge is 0.362 e. The topological polar surface area (TPSA) is 78.8 Å². The van der Waals surface area contributed by atoms with Crippen LogP contribution in [0.5, 0.6) is 0 Å². The fourth-order valence-electron chi connectivity index (χ4n) is 2.71. The Hall–Kier alpha value is -2.52. The highest BCUT2D eigenvalue weighted by Gasteiger charge is 2.20. The van der Waals surface area contributed by atoms with E-state index in [9.17, 15) is 22.0 Å². The first-order valence-electron chi connectivity index (χ1n) is 8.28. The predicted molar refractivity (Wildman–Crippen MR) is 102 cm³/mol. The molecule has 0 unspecified atom stereocenters. The van der Waals surface area contributed by atoms with E-state index in [2.05, 4.69) is 9.71 Å². The van der Waals surface area contributed by atoms with Crippen LogP contribution in [0.3, 0.4) is 0 Å². The van der Waals surface area contributed by atoms with Crippen molar-refractivity contribution in [2.45, 2.75) is 17.7 Å². The molecular formula is C18H16ClF2N3O3S. The molecule has 1 aliphatic rings. The van der Waals surface area contributed by atoms with Gasteiger partial charge in [0.05, 0.1) is 15.5 Å². The molecular weight excluding hydrogens is 412 g/mol. The molecule has 28 heavy (non-hydrogen) atoms. The number of nitrogens with zero attached hydrogens (tertiary/aromatic N) is 2. The van der Waals surface area contributed by atoms with Gasteiger partial charge in [-0.25, -0.2) is 8.78 Å². The summed E-state index contributed by atoms with van der Waals surface area (Å²) in [7, 11) is -2.09. The van der Waals surface area contributed by atoms with E-state index >= 15 is 0 Å². The molecule has 10 heteroatoms. The van der Waals surface area contributed by atoms with Crippen LogP contribution in [0.15, 0.2) is 45.7 Å². The summed E-state index contributed by atoms with van der Waals surface area (Å²) in [6.45, 7) is 0.756. The molecule has 0 spiro atoms. The minimum Gasteiger partial charge on any atom is -0.362 e. The average molecular weight is 428 g/mol. The van der Waals surface area contributed by atoms with E-state index in [1.54, 1.807) is 11.9 Å². The van der Waals surface area contributed by atoms with Gasteiger partial charge in [-0.3, -0.25) is 4.79 Å². The van der Waals surface area contributed by atoms with Crippen molar-refractivity contribution in [2.75, 3.05) is 18.9 Å². The highest BCUT2D eigenvalue weighted by molar-refractivity contribution is 7.90. The van der Waals surface area contributed by atoms with Crippen molar-refractivity contribution in [3.63, 3.8) is 0 Å². The van der Waals surface area contributed by atoms with Crippen molar-refractivity contribution in [2.24, 2.45) is 4.40 Å². The van der Waals surface area contributed by atoms with Crippen LogP contribution in [-0.4, -0.2) is 38.7 Å². The number of anilines is 1. The van der Waals surface area contributed by atoms with Crippen LogP contribution < -0.4 is 5.32 Å². The number of rotatable bonds is 4. The van der Waals surface area contributed by atoms with Crippen molar-refractivity contribution < 1.29 is 22.0 Å². The molecule has 148 valence electrons. The Labute approximate surface area is 165 Å². The summed E-state index contributed by atoms with van der Waals surface area (Å²) in [5.41, 5.74) is 0.0170. The Balaban J connectivity index is 1.78. The minimum absolute atomic E-state index is 0.0239. The molecule has 0 radical (unpaired) electrons. The van der Waals surface area contributed by atoms with Gasteiger partial charge in [0.15, 0.2) is 11.6 Å². The molecule has 1 heterocycles. The van der Waals surface area contributed by atoms with Crippen molar-refractivity contribution in [1.82, 2.24) is 4.90 Å². The maximum absolute atomic E-state index is 13.3. The maximum atomic E-state index is 13.3. The van der Waals surface area contributed by atoms with Crippen LogP contribution in [0.25, 0.3) is 0 Å². The number of hydrogen-bond donors (Lipinski definition) is 1. The lowest BCUT2D eigenvalue weighted by Gasteiger charge is -2.11. The fraction of sp³-hybridized carbons (Fsp3) is 0.222. The average Bonchev–Trinajstić information content (AvgIpc) is 3.02. The molecule has 3 rings (SSSR count). The number of benzene rings is 2. The number of sulfonamides is 1. The Kier molecular flexibility index (Phi) is 5.66. The molecule has 0 atom stereocenters. The lowest BCUT2D eigenvalue weighted by Crippen LogP contribution is -2.20. The Morgan fingerprint density at radius 2 is 1.82 bits per heavy atom. The lowest BCUT2D eigenvalue weighted by molar-refractivity contribution is 0.102. The van der Waals surface area contributed by atoms with Gasteiger partial charge in [0.2, 0.25) is 0 Å². The van der Waals surface area contributed by atoms with E-state index in [0.29, 0.717) is 24.4 Å². The molecule has 1 aliphatic heterocycles. The third kappa shape index (κ3) is 4.31. The Morgan fingerprint density at radius 1 is 1.18 bits per heavy atom. The summed E-state index contributed by atoms with van der Waals surface area (Å²) in [5.74, 6) is -2.62. The molecule has 0 aliphatic carbocycles. The second-order valence-corrected chi connectivity index (χ2v) is 8.24. The molecule has 1 N–H and O–H groups in total. The Bertz CT molecular complexity index is 1060. The van der Waals surface area contributed by atoms with Gasteiger partial charge in [0, 0.05) is 25.7 Å². The fourth-order valence-corrected chi connectivity index (χ4v) is 4.04. The third-order valence-electron chi connectivity index (χ3n) is 4.22. The van der Waals surface area contributed by atoms with E-state index in [-0.39, 0.29) is 21.2 Å². The molecule has 2 aromatic carbocycles. The van der Waals surface area contributed by atoms with E-state index in [1.165, 1.54) is 24.3 Å². The zero-order valence-electron chi connectivity index (χ0n) is 14.7. The molecule has 1 saturated heterocycles. The molecule has 6 nitrogen and oxygen atoms in total. The number of carbonyl (C=O) groups is 1. The van der Waals surface area contributed by atoms with Crippen molar-refractivity contribution in [3.05, 3.63) is 58.6 Å². The number of hydrogen-bond acceptors (Lipinski definition) is 3. The van der Waals surface area contributed by atoms with Crippen LogP contribution in [0, 0.1) is 11.6 Å². The number of amidine groups is 1. The van der Waals surface area contributed by atoms with E-state index < -0.39 is 27.6 Å². The van der Waals surface area contributed by atoms with Gasteiger partial charge in [0.1, 0.15) is 5.84 Å². The maximum Gasteiger partial charge on any atom is 0.283 e. The molecule has 2 aromatic rings. The number of nitrogens with one attached hydrogen (secondary N) is 1. The van der Waals surface area contributed by atoms with Crippen LogP contribution in [0.1, 0.15) is 23.2 Å². The van der Waals surface area contributed by atoms with E-state index in [0.717, 1.165) is 13.0 Å². The smallest absolute Gasteiger partial charge is 0.283 e. The lowest BCUT2D eigenvalue weighted by atomic mass is 10.2. The molecule has 1 amide bonds. The standard InChI is InChI=1S/C18H16ClF2N3O3S/c1-24-8-2-3-17(24)23-28(26,27)12-6-4-11(5-7-12)22-18(25)13-9-15(20)16(21)10-14(13)19/h4-7,9-10H,2-3,8H2,1H3,(H,22,25). The summed E-state index contributed by atoms with van der Waals surface area (Å²) in [6, 6.07) is 6.75. The van der Waals surface area contributed by atoms with Gasteiger partial charge in [-0.05, 0) is 42.8 Å². The molecule has 1 fully saturated rings. The normalized spacial score (nSPS) is 15.9. The number of likely N-dealkylation sites (tertiary alicyclic amines) is 1. The van der Waals surface area contributed by atoms with Crippen molar-refractivity contribution in [1.29, 1.82) is 0 Å².